The molecule has 0 aliphatic carbocycles. The van der Waals surface area contributed by atoms with Crippen LogP contribution in [0.1, 0.15) is 16.9 Å². The van der Waals surface area contributed by atoms with Crippen molar-refractivity contribution in [3.8, 4) is 5.75 Å². The van der Waals surface area contributed by atoms with Crippen LogP contribution >= 0.6 is 0 Å². The Morgan fingerprint density at radius 3 is 2.54 bits per heavy atom. The fraction of sp³-hybridized carbons (Fsp3) is 0.267. The normalized spacial score (nSPS) is 15.0. The zero-order chi connectivity index (χ0) is 18.9. The van der Waals surface area contributed by atoms with Gasteiger partial charge in [-0.1, -0.05) is 0 Å². The number of nitrogens with one attached hydrogen (secondary N) is 2. The van der Waals surface area contributed by atoms with Gasteiger partial charge in [0.1, 0.15) is 16.3 Å². The molecular formula is C15H14F3N3O4S. The van der Waals surface area contributed by atoms with Gasteiger partial charge in [-0.15, -0.1) is 13.2 Å². The Balaban J connectivity index is 1.79. The number of hydrogen-bond donors (Lipinski definition) is 2. The zero-order valence-electron chi connectivity index (χ0n) is 13.2. The highest BCUT2D eigenvalue weighted by molar-refractivity contribution is 7.92. The van der Waals surface area contributed by atoms with Gasteiger partial charge in [-0.05, 0) is 36.8 Å². The minimum Gasteiger partial charge on any atom is -0.406 e. The van der Waals surface area contributed by atoms with Gasteiger partial charge in [-0.2, -0.15) is 0 Å². The average molecular weight is 389 g/mol. The molecule has 140 valence electrons. The molecule has 1 amide bonds. The van der Waals surface area contributed by atoms with Crippen molar-refractivity contribution in [3.05, 3.63) is 42.2 Å². The Morgan fingerprint density at radius 1 is 1.19 bits per heavy atom. The highest BCUT2D eigenvalue weighted by Gasteiger charge is 2.31. The second-order valence-corrected chi connectivity index (χ2v) is 7.22. The fourth-order valence-electron chi connectivity index (χ4n) is 2.49. The number of carbonyl (C=O) groups is 1. The molecule has 3 rings (SSSR count). The van der Waals surface area contributed by atoms with Crippen LogP contribution in [0.5, 0.6) is 5.75 Å². The maximum absolute atomic E-state index is 12.5. The molecule has 0 saturated carbocycles. The quantitative estimate of drug-likeness (QED) is 0.840. The molecule has 1 aromatic heterocycles. The Bertz CT molecular complexity index is 921. The number of halogens is 3. The lowest BCUT2D eigenvalue weighted by Crippen LogP contribution is -2.22. The molecule has 11 heteroatoms. The molecular weight excluding hydrogens is 375 g/mol. The Kier molecular flexibility index (Phi) is 4.57. The van der Waals surface area contributed by atoms with Gasteiger partial charge >= 0.3 is 6.36 Å². The van der Waals surface area contributed by atoms with Crippen molar-refractivity contribution in [2.75, 3.05) is 11.3 Å². The van der Waals surface area contributed by atoms with Crippen molar-refractivity contribution in [1.82, 2.24) is 9.88 Å². The van der Waals surface area contributed by atoms with Crippen molar-refractivity contribution < 1.29 is 31.1 Å². The molecule has 0 unspecified atom stereocenters. The van der Waals surface area contributed by atoms with E-state index < -0.39 is 22.1 Å². The third-order valence-corrected chi connectivity index (χ3v) is 4.96. The van der Waals surface area contributed by atoms with Gasteiger partial charge in [0.25, 0.3) is 15.9 Å². The first-order valence-corrected chi connectivity index (χ1v) is 8.99. The third kappa shape index (κ3) is 4.10. The van der Waals surface area contributed by atoms with Gasteiger partial charge in [0.15, 0.2) is 0 Å². The predicted octanol–water partition coefficient (Wildman–Crippen LogP) is 2.32. The molecule has 0 bridgehead atoms. The predicted molar refractivity (Wildman–Crippen MR) is 85.3 cm³/mol. The number of ether oxygens (including phenoxy) is 1. The average Bonchev–Trinajstić information content (AvgIpc) is 2.90. The van der Waals surface area contributed by atoms with E-state index in [4.69, 9.17) is 0 Å². The minimum absolute atomic E-state index is 0.0605. The maximum atomic E-state index is 12.5. The van der Waals surface area contributed by atoms with Gasteiger partial charge in [-0.25, -0.2) is 8.42 Å². The topological polar surface area (TPSA) is 89.4 Å². The Labute approximate surface area is 146 Å². The summed E-state index contributed by atoms with van der Waals surface area (Å²) in [5.74, 6) is -0.828. The van der Waals surface area contributed by atoms with Crippen LogP contribution in [0.25, 0.3) is 0 Å². The van der Waals surface area contributed by atoms with Gasteiger partial charge in [0.05, 0.1) is 0 Å². The van der Waals surface area contributed by atoms with E-state index in [1.165, 1.54) is 12.3 Å². The second-order valence-electron chi connectivity index (χ2n) is 5.54. The Morgan fingerprint density at radius 2 is 1.88 bits per heavy atom. The van der Waals surface area contributed by atoms with Crippen LogP contribution in [-0.4, -0.2) is 31.8 Å². The first kappa shape index (κ1) is 18.1. The SMILES string of the molecule is O=C1NCCCn2cc(S(=O)(=O)Nc3ccc(OC(F)(F)F)cc3)cc21. The van der Waals surface area contributed by atoms with Crippen molar-refractivity contribution in [1.29, 1.82) is 0 Å². The van der Waals surface area contributed by atoms with Crippen LogP contribution < -0.4 is 14.8 Å². The Hall–Kier alpha value is -2.69. The molecule has 1 aliphatic heterocycles. The zero-order valence-corrected chi connectivity index (χ0v) is 14.0. The first-order valence-electron chi connectivity index (χ1n) is 7.51. The van der Waals surface area contributed by atoms with Crippen LogP contribution in [0.3, 0.4) is 0 Å². The van der Waals surface area contributed by atoms with E-state index in [1.54, 1.807) is 4.57 Å². The molecule has 0 atom stereocenters. The molecule has 0 spiro atoms. The second kappa shape index (κ2) is 6.56. The van der Waals surface area contributed by atoms with Crippen molar-refractivity contribution >= 4 is 21.6 Å². The lowest BCUT2D eigenvalue weighted by molar-refractivity contribution is -0.274. The van der Waals surface area contributed by atoms with Gasteiger partial charge < -0.3 is 14.6 Å². The highest BCUT2D eigenvalue weighted by Crippen LogP contribution is 2.25. The monoisotopic (exact) mass is 389 g/mol. The number of sulfonamides is 1. The van der Waals surface area contributed by atoms with Crippen molar-refractivity contribution in [2.45, 2.75) is 24.2 Å². The van der Waals surface area contributed by atoms with Crippen LogP contribution in [0.4, 0.5) is 18.9 Å². The smallest absolute Gasteiger partial charge is 0.406 e. The summed E-state index contributed by atoms with van der Waals surface area (Å²) in [4.78, 5) is 11.8. The minimum atomic E-state index is -4.83. The lowest BCUT2D eigenvalue weighted by atomic mass is 10.3. The number of alkyl halides is 3. The number of carbonyl (C=O) groups excluding carboxylic acids is 1. The number of aromatic nitrogens is 1. The number of hydrogen-bond acceptors (Lipinski definition) is 4. The number of benzene rings is 1. The first-order chi connectivity index (χ1) is 12.1. The summed E-state index contributed by atoms with van der Waals surface area (Å²) in [6, 6.07) is 5.53. The van der Waals surface area contributed by atoms with Crippen LogP contribution in [0.15, 0.2) is 41.4 Å². The third-order valence-electron chi connectivity index (χ3n) is 3.62. The van der Waals surface area contributed by atoms with E-state index in [2.05, 4.69) is 14.8 Å². The van der Waals surface area contributed by atoms with Gasteiger partial charge in [0, 0.05) is 25.0 Å². The van der Waals surface area contributed by atoms with E-state index in [1.807, 2.05) is 0 Å². The van der Waals surface area contributed by atoms with E-state index in [0.29, 0.717) is 19.5 Å². The fourth-order valence-corrected chi connectivity index (χ4v) is 3.58. The molecule has 7 nitrogen and oxygen atoms in total. The molecule has 2 aromatic rings. The molecule has 0 radical (unpaired) electrons. The highest BCUT2D eigenvalue weighted by atomic mass is 32.2. The van der Waals surface area contributed by atoms with Crippen LogP contribution in [-0.2, 0) is 16.6 Å². The maximum Gasteiger partial charge on any atom is 0.573 e. The number of nitrogens with zero attached hydrogens (tertiary/aromatic N) is 1. The molecule has 1 aliphatic rings. The summed E-state index contributed by atoms with van der Waals surface area (Å²) in [6.45, 7) is 1.00. The summed E-state index contributed by atoms with van der Waals surface area (Å²) >= 11 is 0. The van der Waals surface area contributed by atoms with Gasteiger partial charge in [0.2, 0.25) is 0 Å². The number of aryl methyl sites for hydroxylation is 1. The van der Waals surface area contributed by atoms with Crippen LogP contribution in [0.2, 0.25) is 0 Å². The lowest BCUT2D eigenvalue weighted by Gasteiger charge is -2.10. The number of anilines is 1. The van der Waals surface area contributed by atoms with E-state index in [0.717, 1.165) is 24.3 Å². The summed E-state index contributed by atoms with van der Waals surface area (Å²) in [6.07, 6.45) is -2.81. The largest absolute Gasteiger partial charge is 0.573 e. The molecule has 1 aromatic carbocycles. The number of rotatable bonds is 4. The summed E-state index contributed by atoms with van der Waals surface area (Å²) < 4.78 is 68.9. The molecule has 26 heavy (non-hydrogen) atoms. The van der Waals surface area contributed by atoms with E-state index >= 15 is 0 Å². The molecule has 2 N–H and O–H groups in total. The number of amides is 1. The van der Waals surface area contributed by atoms with Crippen molar-refractivity contribution in [2.24, 2.45) is 0 Å². The summed E-state index contributed by atoms with van der Waals surface area (Å²) in [5.41, 5.74) is 0.294. The van der Waals surface area contributed by atoms with Crippen molar-refractivity contribution in [3.63, 3.8) is 0 Å². The summed E-state index contributed by atoms with van der Waals surface area (Å²) in [7, 11) is -4.00. The standard InChI is InChI=1S/C15H14F3N3O4S/c16-15(17,18)25-11-4-2-10(3-5-11)20-26(23,24)12-8-13-14(22)19-6-1-7-21(13)9-12/h2-5,8-9,20H,1,6-7H2,(H,19,22). The number of fused-ring (bicyclic) bond motifs is 1. The molecule has 2 heterocycles. The van der Waals surface area contributed by atoms with E-state index in [-0.39, 0.29) is 22.2 Å². The van der Waals surface area contributed by atoms with E-state index in [9.17, 15) is 26.4 Å². The van der Waals surface area contributed by atoms with Gasteiger partial charge in [-0.3, -0.25) is 9.52 Å². The molecule has 0 fully saturated rings. The summed E-state index contributed by atoms with van der Waals surface area (Å²) in [5, 5.41) is 2.66. The van der Waals surface area contributed by atoms with Crippen LogP contribution in [0, 0.1) is 0 Å². The molecule has 0 saturated heterocycles.